The SMILES string of the molecule is O=C(O)c1cc(Br)cnc1Nc1ccccc1. The highest BCUT2D eigenvalue weighted by Gasteiger charge is 2.12. The predicted molar refractivity (Wildman–Crippen MR) is 68.6 cm³/mol. The van der Waals surface area contributed by atoms with E-state index in [0.717, 1.165) is 5.69 Å². The Morgan fingerprint density at radius 1 is 1.29 bits per heavy atom. The Hall–Kier alpha value is -1.88. The summed E-state index contributed by atoms with van der Waals surface area (Å²) >= 11 is 3.20. The molecule has 17 heavy (non-hydrogen) atoms. The smallest absolute Gasteiger partial charge is 0.339 e. The van der Waals surface area contributed by atoms with Crippen molar-refractivity contribution in [2.24, 2.45) is 0 Å². The van der Waals surface area contributed by atoms with Gasteiger partial charge in [-0.2, -0.15) is 0 Å². The maximum atomic E-state index is 11.1. The van der Waals surface area contributed by atoms with Gasteiger partial charge in [0, 0.05) is 16.4 Å². The minimum atomic E-state index is -1.02. The molecule has 86 valence electrons. The Morgan fingerprint density at radius 3 is 2.65 bits per heavy atom. The molecule has 2 N–H and O–H groups in total. The minimum absolute atomic E-state index is 0.128. The maximum absolute atomic E-state index is 11.1. The van der Waals surface area contributed by atoms with Crippen LogP contribution in [-0.2, 0) is 0 Å². The Bertz CT molecular complexity index is 543. The molecule has 0 atom stereocenters. The predicted octanol–water partition coefficient (Wildman–Crippen LogP) is 3.29. The fourth-order valence-corrected chi connectivity index (χ4v) is 1.69. The highest BCUT2D eigenvalue weighted by molar-refractivity contribution is 9.10. The van der Waals surface area contributed by atoms with Gasteiger partial charge in [-0.15, -0.1) is 0 Å². The summed E-state index contributed by atoms with van der Waals surface area (Å²) in [5, 5.41) is 12.0. The van der Waals surface area contributed by atoms with Crippen LogP contribution in [0.25, 0.3) is 0 Å². The number of carboxylic acid groups (broad SMARTS) is 1. The third-order valence-electron chi connectivity index (χ3n) is 2.12. The first-order valence-electron chi connectivity index (χ1n) is 4.88. The number of hydrogen-bond donors (Lipinski definition) is 2. The van der Waals surface area contributed by atoms with Crippen LogP contribution < -0.4 is 5.32 Å². The van der Waals surface area contributed by atoms with E-state index in [1.165, 1.54) is 6.07 Å². The first-order valence-corrected chi connectivity index (χ1v) is 5.67. The summed E-state index contributed by atoms with van der Waals surface area (Å²) in [6.07, 6.45) is 1.55. The molecular formula is C12H9BrN2O2. The molecule has 0 amide bonds. The van der Waals surface area contributed by atoms with Crippen molar-refractivity contribution >= 4 is 33.4 Å². The molecule has 1 heterocycles. The van der Waals surface area contributed by atoms with Crippen molar-refractivity contribution in [3.05, 3.63) is 52.6 Å². The van der Waals surface area contributed by atoms with E-state index < -0.39 is 5.97 Å². The van der Waals surface area contributed by atoms with E-state index in [1.807, 2.05) is 30.3 Å². The number of aromatic nitrogens is 1. The van der Waals surface area contributed by atoms with Crippen LogP contribution in [0.4, 0.5) is 11.5 Å². The van der Waals surface area contributed by atoms with Crippen LogP contribution in [0.2, 0.25) is 0 Å². The zero-order valence-corrected chi connectivity index (χ0v) is 10.3. The van der Waals surface area contributed by atoms with E-state index in [2.05, 4.69) is 26.2 Å². The number of carbonyl (C=O) groups is 1. The normalized spacial score (nSPS) is 9.94. The lowest BCUT2D eigenvalue weighted by molar-refractivity contribution is 0.0697. The number of pyridine rings is 1. The molecule has 4 nitrogen and oxygen atoms in total. The van der Waals surface area contributed by atoms with Crippen molar-refractivity contribution in [2.75, 3.05) is 5.32 Å². The van der Waals surface area contributed by atoms with Gasteiger partial charge in [0.05, 0.1) is 0 Å². The Labute approximate surface area is 106 Å². The van der Waals surface area contributed by atoms with Crippen LogP contribution >= 0.6 is 15.9 Å². The van der Waals surface area contributed by atoms with Crippen molar-refractivity contribution in [2.45, 2.75) is 0 Å². The van der Waals surface area contributed by atoms with Gasteiger partial charge in [-0.05, 0) is 34.1 Å². The number of nitrogens with one attached hydrogen (secondary N) is 1. The quantitative estimate of drug-likeness (QED) is 0.911. The fourth-order valence-electron chi connectivity index (χ4n) is 1.36. The fraction of sp³-hybridized carbons (Fsp3) is 0. The number of halogens is 1. The first-order chi connectivity index (χ1) is 8.16. The number of para-hydroxylation sites is 1. The molecule has 2 rings (SSSR count). The standard InChI is InChI=1S/C12H9BrN2O2/c13-8-6-10(12(16)17)11(14-7-8)15-9-4-2-1-3-5-9/h1-7H,(H,14,15)(H,16,17). The van der Waals surface area contributed by atoms with Crippen molar-refractivity contribution in [3.8, 4) is 0 Å². The van der Waals surface area contributed by atoms with Crippen LogP contribution in [0.1, 0.15) is 10.4 Å². The summed E-state index contributed by atoms with van der Waals surface area (Å²) in [6.45, 7) is 0. The molecule has 1 aromatic carbocycles. The maximum Gasteiger partial charge on any atom is 0.339 e. The van der Waals surface area contributed by atoms with Gasteiger partial charge >= 0.3 is 5.97 Å². The third-order valence-corrected chi connectivity index (χ3v) is 2.55. The summed E-state index contributed by atoms with van der Waals surface area (Å²) in [5.74, 6) is -0.691. The molecule has 0 saturated carbocycles. The summed E-state index contributed by atoms with van der Waals surface area (Å²) in [4.78, 5) is 15.1. The van der Waals surface area contributed by atoms with E-state index in [9.17, 15) is 4.79 Å². The Kier molecular flexibility index (Phi) is 3.39. The number of hydrogen-bond acceptors (Lipinski definition) is 3. The van der Waals surface area contributed by atoms with Gasteiger partial charge in [0.2, 0.25) is 0 Å². The summed E-state index contributed by atoms with van der Waals surface area (Å²) in [5.41, 5.74) is 0.924. The molecule has 0 unspecified atom stereocenters. The lowest BCUT2D eigenvalue weighted by Gasteiger charge is -2.08. The van der Waals surface area contributed by atoms with Crippen LogP contribution in [0.3, 0.4) is 0 Å². The molecule has 0 bridgehead atoms. The van der Waals surface area contributed by atoms with E-state index in [0.29, 0.717) is 10.3 Å². The van der Waals surface area contributed by atoms with E-state index in [4.69, 9.17) is 5.11 Å². The largest absolute Gasteiger partial charge is 0.478 e. The van der Waals surface area contributed by atoms with Crippen molar-refractivity contribution in [3.63, 3.8) is 0 Å². The number of carboxylic acids is 1. The molecule has 0 aliphatic carbocycles. The number of rotatable bonds is 3. The van der Waals surface area contributed by atoms with Crippen molar-refractivity contribution in [1.29, 1.82) is 0 Å². The van der Waals surface area contributed by atoms with Crippen molar-refractivity contribution in [1.82, 2.24) is 4.98 Å². The average Bonchev–Trinajstić information content (AvgIpc) is 2.32. The van der Waals surface area contributed by atoms with E-state index >= 15 is 0 Å². The number of nitrogens with zero attached hydrogens (tertiary/aromatic N) is 1. The van der Waals surface area contributed by atoms with Gasteiger partial charge in [-0.3, -0.25) is 0 Å². The monoisotopic (exact) mass is 292 g/mol. The summed E-state index contributed by atoms with van der Waals surface area (Å²) in [6, 6.07) is 10.8. The zero-order chi connectivity index (χ0) is 12.3. The van der Waals surface area contributed by atoms with Crippen LogP contribution in [0, 0.1) is 0 Å². The van der Waals surface area contributed by atoms with Crippen LogP contribution in [0.5, 0.6) is 0 Å². The molecule has 0 spiro atoms. The van der Waals surface area contributed by atoms with Gasteiger partial charge in [-0.25, -0.2) is 9.78 Å². The highest BCUT2D eigenvalue weighted by Crippen LogP contribution is 2.21. The van der Waals surface area contributed by atoms with Crippen LogP contribution in [0.15, 0.2) is 47.1 Å². The molecule has 0 radical (unpaired) electrons. The number of aromatic carboxylic acids is 1. The zero-order valence-electron chi connectivity index (χ0n) is 8.72. The van der Waals surface area contributed by atoms with Gasteiger partial charge in [0.1, 0.15) is 11.4 Å². The second-order valence-electron chi connectivity index (χ2n) is 3.35. The molecule has 0 fully saturated rings. The molecule has 5 heteroatoms. The molecule has 0 aliphatic rings. The molecule has 0 saturated heterocycles. The lowest BCUT2D eigenvalue weighted by atomic mass is 10.2. The second-order valence-corrected chi connectivity index (χ2v) is 4.26. The number of anilines is 2. The van der Waals surface area contributed by atoms with Gasteiger partial charge < -0.3 is 10.4 Å². The molecular weight excluding hydrogens is 284 g/mol. The lowest BCUT2D eigenvalue weighted by Crippen LogP contribution is -2.04. The van der Waals surface area contributed by atoms with Gasteiger partial charge in [0.25, 0.3) is 0 Å². The number of benzene rings is 1. The molecule has 2 aromatic rings. The molecule has 0 aliphatic heterocycles. The minimum Gasteiger partial charge on any atom is -0.478 e. The van der Waals surface area contributed by atoms with Gasteiger partial charge in [0.15, 0.2) is 0 Å². The van der Waals surface area contributed by atoms with E-state index in [1.54, 1.807) is 6.20 Å². The first kappa shape index (κ1) is 11.6. The van der Waals surface area contributed by atoms with E-state index in [-0.39, 0.29) is 5.56 Å². The van der Waals surface area contributed by atoms with Crippen molar-refractivity contribution < 1.29 is 9.90 Å². The highest BCUT2D eigenvalue weighted by atomic mass is 79.9. The topological polar surface area (TPSA) is 62.2 Å². The second kappa shape index (κ2) is 4.97. The summed E-state index contributed by atoms with van der Waals surface area (Å²) in [7, 11) is 0. The summed E-state index contributed by atoms with van der Waals surface area (Å²) < 4.78 is 0.633. The Balaban J connectivity index is 2.36. The average molecular weight is 293 g/mol. The third kappa shape index (κ3) is 2.82. The Morgan fingerprint density at radius 2 is 2.00 bits per heavy atom. The molecule has 1 aromatic heterocycles. The van der Waals surface area contributed by atoms with Crippen LogP contribution in [-0.4, -0.2) is 16.1 Å². The van der Waals surface area contributed by atoms with Gasteiger partial charge in [-0.1, -0.05) is 18.2 Å².